The number of nitrogens with zero attached hydrogens (tertiary/aromatic N) is 2. The van der Waals surface area contributed by atoms with Gasteiger partial charge in [0, 0.05) is 6.07 Å². The molecule has 6 heteroatoms. The molecule has 1 heterocycles. The standard InChI is InChI=1S/C7H3ClN2O2S/c8-6-4(10(11)12)1-2-5-7(6)9-3-13-5/h1-3H. The first kappa shape index (κ1) is 8.40. The molecule has 0 atom stereocenters. The van der Waals surface area contributed by atoms with Crippen LogP contribution < -0.4 is 0 Å². The number of nitro benzene ring substituents is 1. The van der Waals surface area contributed by atoms with Gasteiger partial charge >= 0.3 is 0 Å². The van der Waals surface area contributed by atoms with Gasteiger partial charge in [-0.15, -0.1) is 11.3 Å². The average molecular weight is 215 g/mol. The fraction of sp³-hybridized carbons (Fsp3) is 0. The van der Waals surface area contributed by atoms with Crippen LogP contribution in [0.4, 0.5) is 5.69 Å². The van der Waals surface area contributed by atoms with Crippen LogP contribution in [-0.4, -0.2) is 9.91 Å². The van der Waals surface area contributed by atoms with E-state index in [-0.39, 0.29) is 10.7 Å². The Balaban J connectivity index is 2.80. The summed E-state index contributed by atoms with van der Waals surface area (Å²) in [4.78, 5) is 13.9. The Morgan fingerprint density at radius 2 is 2.31 bits per heavy atom. The lowest BCUT2D eigenvalue weighted by Gasteiger charge is -1.94. The van der Waals surface area contributed by atoms with Gasteiger partial charge in [-0.1, -0.05) is 11.6 Å². The molecule has 0 unspecified atom stereocenters. The molecule has 13 heavy (non-hydrogen) atoms. The molecular formula is C7H3ClN2O2S. The molecule has 2 rings (SSSR count). The van der Waals surface area contributed by atoms with E-state index < -0.39 is 4.92 Å². The summed E-state index contributed by atoms with van der Waals surface area (Å²) in [6.07, 6.45) is 0. The molecule has 0 aliphatic heterocycles. The Morgan fingerprint density at radius 3 is 3.00 bits per heavy atom. The van der Waals surface area contributed by atoms with Gasteiger partial charge in [-0.2, -0.15) is 0 Å². The molecule has 1 aromatic heterocycles. The summed E-state index contributed by atoms with van der Waals surface area (Å²) in [7, 11) is 0. The Kier molecular flexibility index (Phi) is 1.90. The third-order valence-electron chi connectivity index (χ3n) is 1.62. The number of nitro groups is 1. The van der Waals surface area contributed by atoms with E-state index in [4.69, 9.17) is 11.6 Å². The quantitative estimate of drug-likeness (QED) is 0.542. The maximum Gasteiger partial charge on any atom is 0.290 e. The number of halogens is 1. The van der Waals surface area contributed by atoms with Gasteiger partial charge in [-0.25, -0.2) is 4.98 Å². The summed E-state index contributed by atoms with van der Waals surface area (Å²) >= 11 is 7.18. The van der Waals surface area contributed by atoms with Gasteiger partial charge in [0.05, 0.1) is 15.1 Å². The number of fused-ring (bicyclic) bond motifs is 1. The first-order valence-electron chi connectivity index (χ1n) is 3.36. The maximum absolute atomic E-state index is 10.5. The lowest BCUT2D eigenvalue weighted by molar-refractivity contribution is -0.384. The highest BCUT2D eigenvalue weighted by Gasteiger charge is 2.15. The van der Waals surface area contributed by atoms with Crippen LogP contribution in [0.2, 0.25) is 5.02 Å². The predicted octanol–water partition coefficient (Wildman–Crippen LogP) is 2.86. The van der Waals surface area contributed by atoms with Crippen molar-refractivity contribution >= 4 is 38.8 Å². The molecule has 0 aliphatic rings. The molecular weight excluding hydrogens is 212 g/mol. The van der Waals surface area contributed by atoms with Gasteiger partial charge in [-0.3, -0.25) is 10.1 Å². The topological polar surface area (TPSA) is 56.0 Å². The number of rotatable bonds is 1. The Morgan fingerprint density at radius 1 is 1.54 bits per heavy atom. The second-order valence-electron chi connectivity index (χ2n) is 2.35. The zero-order valence-electron chi connectivity index (χ0n) is 6.23. The van der Waals surface area contributed by atoms with E-state index in [0.717, 1.165) is 4.70 Å². The molecule has 0 bridgehead atoms. The first-order chi connectivity index (χ1) is 6.20. The van der Waals surface area contributed by atoms with E-state index in [1.165, 1.54) is 17.4 Å². The number of aromatic nitrogens is 1. The first-order valence-corrected chi connectivity index (χ1v) is 4.62. The summed E-state index contributed by atoms with van der Waals surface area (Å²) in [6.45, 7) is 0. The third-order valence-corrected chi connectivity index (χ3v) is 2.78. The largest absolute Gasteiger partial charge is 0.290 e. The lowest BCUT2D eigenvalue weighted by atomic mass is 10.3. The van der Waals surface area contributed by atoms with Crippen molar-refractivity contribution in [1.82, 2.24) is 4.98 Å². The smallest absolute Gasteiger partial charge is 0.258 e. The van der Waals surface area contributed by atoms with E-state index in [0.29, 0.717) is 5.52 Å². The van der Waals surface area contributed by atoms with Crippen molar-refractivity contribution in [2.45, 2.75) is 0 Å². The van der Waals surface area contributed by atoms with Crippen LogP contribution in [0, 0.1) is 10.1 Å². The number of benzene rings is 1. The van der Waals surface area contributed by atoms with Crippen LogP contribution in [0.25, 0.3) is 10.2 Å². The molecule has 0 N–H and O–H groups in total. The molecule has 0 spiro atoms. The third kappa shape index (κ3) is 1.26. The fourth-order valence-electron chi connectivity index (χ4n) is 1.03. The highest BCUT2D eigenvalue weighted by atomic mass is 35.5. The van der Waals surface area contributed by atoms with Gasteiger partial charge in [0.1, 0.15) is 10.5 Å². The Labute approximate surface area is 81.9 Å². The highest BCUT2D eigenvalue weighted by molar-refractivity contribution is 7.16. The summed E-state index contributed by atoms with van der Waals surface area (Å²) < 4.78 is 0.857. The van der Waals surface area contributed by atoms with Crippen LogP contribution in [0.5, 0.6) is 0 Å². The van der Waals surface area contributed by atoms with Gasteiger partial charge in [0.2, 0.25) is 0 Å². The molecule has 0 saturated carbocycles. The van der Waals surface area contributed by atoms with Crippen molar-refractivity contribution in [2.75, 3.05) is 0 Å². The highest BCUT2D eigenvalue weighted by Crippen LogP contribution is 2.32. The second kappa shape index (κ2) is 2.93. The number of hydrogen-bond donors (Lipinski definition) is 0. The van der Waals surface area contributed by atoms with Crippen LogP contribution in [-0.2, 0) is 0 Å². The molecule has 0 radical (unpaired) electrons. The number of hydrogen-bond acceptors (Lipinski definition) is 4. The van der Waals surface area contributed by atoms with Crippen molar-refractivity contribution in [1.29, 1.82) is 0 Å². The van der Waals surface area contributed by atoms with Gasteiger partial charge in [0.25, 0.3) is 5.69 Å². The minimum atomic E-state index is -0.513. The molecule has 0 saturated heterocycles. The molecule has 0 fully saturated rings. The van der Waals surface area contributed by atoms with Gasteiger partial charge in [-0.05, 0) is 6.07 Å². The summed E-state index contributed by atoms with van der Waals surface area (Å²) in [5.41, 5.74) is 2.02. The summed E-state index contributed by atoms with van der Waals surface area (Å²) in [5, 5.41) is 10.6. The monoisotopic (exact) mass is 214 g/mol. The van der Waals surface area contributed by atoms with Crippen molar-refractivity contribution < 1.29 is 4.92 Å². The van der Waals surface area contributed by atoms with E-state index in [2.05, 4.69) is 4.98 Å². The SMILES string of the molecule is O=[N+]([O-])c1ccc2scnc2c1Cl. The second-order valence-corrected chi connectivity index (χ2v) is 3.62. The van der Waals surface area contributed by atoms with Crippen molar-refractivity contribution in [2.24, 2.45) is 0 Å². The Hall–Kier alpha value is -1.20. The molecule has 66 valence electrons. The maximum atomic E-state index is 10.5. The van der Waals surface area contributed by atoms with Gasteiger partial charge < -0.3 is 0 Å². The molecule has 0 amide bonds. The zero-order chi connectivity index (χ0) is 9.42. The average Bonchev–Trinajstić information content (AvgIpc) is 2.52. The summed E-state index contributed by atoms with van der Waals surface area (Å²) in [6, 6.07) is 3.04. The normalized spacial score (nSPS) is 10.5. The Bertz CT molecular complexity index is 482. The van der Waals surface area contributed by atoms with Crippen molar-refractivity contribution in [3.05, 3.63) is 32.8 Å². The van der Waals surface area contributed by atoms with E-state index in [1.54, 1.807) is 11.6 Å². The van der Waals surface area contributed by atoms with E-state index >= 15 is 0 Å². The van der Waals surface area contributed by atoms with Crippen LogP contribution >= 0.6 is 22.9 Å². The molecule has 2 aromatic rings. The molecule has 4 nitrogen and oxygen atoms in total. The molecule has 1 aromatic carbocycles. The zero-order valence-corrected chi connectivity index (χ0v) is 7.80. The van der Waals surface area contributed by atoms with Crippen LogP contribution in [0.3, 0.4) is 0 Å². The van der Waals surface area contributed by atoms with Crippen molar-refractivity contribution in [3.8, 4) is 0 Å². The predicted molar refractivity (Wildman–Crippen MR) is 51.3 cm³/mol. The lowest BCUT2D eigenvalue weighted by Crippen LogP contribution is -1.88. The fourth-order valence-corrected chi connectivity index (χ4v) is 2.05. The van der Waals surface area contributed by atoms with Gasteiger partial charge in [0.15, 0.2) is 0 Å². The van der Waals surface area contributed by atoms with Crippen molar-refractivity contribution in [3.63, 3.8) is 0 Å². The summed E-state index contributed by atoms with van der Waals surface area (Å²) in [5.74, 6) is 0. The van der Waals surface area contributed by atoms with Crippen LogP contribution in [0.1, 0.15) is 0 Å². The van der Waals surface area contributed by atoms with E-state index in [1.807, 2.05) is 0 Å². The molecule has 0 aliphatic carbocycles. The minimum absolute atomic E-state index is 0.0972. The minimum Gasteiger partial charge on any atom is -0.258 e. The number of thiazole rings is 1. The van der Waals surface area contributed by atoms with Crippen LogP contribution in [0.15, 0.2) is 17.6 Å². The van der Waals surface area contributed by atoms with E-state index in [9.17, 15) is 10.1 Å².